The fourth-order valence-electron chi connectivity index (χ4n) is 1.21. The van der Waals surface area contributed by atoms with Crippen molar-refractivity contribution >= 4 is 10.2 Å². The SMILES string of the molecule is CCNS(=O)(=O)NC1CC(N)C1. The third-order valence-corrected chi connectivity index (χ3v) is 3.14. The average Bonchev–Trinajstić information content (AvgIpc) is 1.83. The number of hydrogen-bond donors (Lipinski definition) is 3. The summed E-state index contributed by atoms with van der Waals surface area (Å²) in [5.41, 5.74) is 5.51. The van der Waals surface area contributed by atoms with Gasteiger partial charge in [-0.3, -0.25) is 0 Å². The Morgan fingerprint density at radius 1 is 1.50 bits per heavy atom. The number of nitrogens with one attached hydrogen (secondary N) is 2. The minimum absolute atomic E-state index is 0.0315. The standard InChI is InChI=1S/C6H15N3O2S/c1-2-8-12(10,11)9-6-3-5(7)4-6/h5-6,8-9H,2-4,7H2,1H3. The molecule has 1 saturated carbocycles. The summed E-state index contributed by atoms with van der Waals surface area (Å²) in [5, 5.41) is 0. The Labute approximate surface area is 72.9 Å². The zero-order valence-corrected chi connectivity index (χ0v) is 7.89. The lowest BCUT2D eigenvalue weighted by Gasteiger charge is -2.32. The fraction of sp³-hybridized carbons (Fsp3) is 1.00. The van der Waals surface area contributed by atoms with Gasteiger partial charge < -0.3 is 5.73 Å². The number of nitrogens with two attached hydrogens (primary N) is 1. The van der Waals surface area contributed by atoms with Gasteiger partial charge in [0.05, 0.1) is 0 Å². The van der Waals surface area contributed by atoms with E-state index >= 15 is 0 Å². The molecule has 1 aliphatic rings. The Morgan fingerprint density at radius 2 is 2.08 bits per heavy atom. The van der Waals surface area contributed by atoms with Crippen molar-refractivity contribution in [1.82, 2.24) is 9.44 Å². The maximum absolute atomic E-state index is 11.1. The van der Waals surface area contributed by atoms with Gasteiger partial charge in [-0.05, 0) is 12.8 Å². The highest BCUT2D eigenvalue weighted by atomic mass is 32.2. The zero-order valence-electron chi connectivity index (χ0n) is 7.08. The second kappa shape index (κ2) is 3.69. The first-order valence-electron chi connectivity index (χ1n) is 4.06. The molecule has 0 radical (unpaired) electrons. The molecule has 6 heteroatoms. The third kappa shape index (κ3) is 2.71. The van der Waals surface area contributed by atoms with Crippen LogP contribution in [0.1, 0.15) is 19.8 Å². The molecule has 0 aliphatic heterocycles. The highest BCUT2D eigenvalue weighted by Crippen LogP contribution is 2.17. The molecule has 0 atom stereocenters. The van der Waals surface area contributed by atoms with Gasteiger partial charge in [-0.1, -0.05) is 6.92 Å². The predicted octanol–water partition coefficient (Wildman–Crippen LogP) is -1.08. The Morgan fingerprint density at radius 3 is 2.50 bits per heavy atom. The second-order valence-corrected chi connectivity index (χ2v) is 4.58. The molecular formula is C6H15N3O2S. The Hall–Kier alpha value is -0.170. The van der Waals surface area contributed by atoms with Crippen molar-refractivity contribution in [2.75, 3.05) is 6.54 Å². The van der Waals surface area contributed by atoms with Crippen LogP contribution in [0.3, 0.4) is 0 Å². The molecule has 1 rings (SSSR count). The minimum Gasteiger partial charge on any atom is -0.328 e. The lowest BCUT2D eigenvalue weighted by molar-refractivity contribution is 0.326. The van der Waals surface area contributed by atoms with Crippen molar-refractivity contribution in [2.45, 2.75) is 31.8 Å². The fourth-order valence-corrected chi connectivity index (χ4v) is 2.30. The topological polar surface area (TPSA) is 84.2 Å². The first-order valence-corrected chi connectivity index (χ1v) is 5.54. The molecule has 72 valence electrons. The molecule has 0 aromatic carbocycles. The van der Waals surface area contributed by atoms with E-state index in [1.165, 1.54) is 0 Å². The molecule has 0 unspecified atom stereocenters. The van der Waals surface area contributed by atoms with Crippen LogP contribution < -0.4 is 15.2 Å². The van der Waals surface area contributed by atoms with E-state index in [2.05, 4.69) is 9.44 Å². The third-order valence-electron chi connectivity index (χ3n) is 1.83. The summed E-state index contributed by atoms with van der Waals surface area (Å²) in [6.45, 7) is 2.15. The molecular weight excluding hydrogens is 178 g/mol. The van der Waals surface area contributed by atoms with Gasteiger partial charge in [-0.15, -0.1) is 0 Å². The van der Waals surface area contributed by atoms with Crippen LogP contribution in [0, 0.1) is 0 Å². The van der Waals surface area contributed by atoms with E-state index in [-0.39, 0.29) is 12.1 Å². The normalized spacial score (nSPS) is 29.8. The van der Waals surface area contributed by atoms with E-state index < -0.39 is 10.2 Å². The van der Waals surface area contributed by atoms with Crippen LogP contribution in [-0.2, 0) is 10.2 Å². The van der Waals surface area contributed by atoms with Crippen molar-refractivity contribution in [2.24, 2.45) is 5.73 Å². The van der Waals surface area contributed by atoms with Gasteiger partial charge in [0.1, 0.15) is 0 Å². The maximum atomic E-state index is 11.1. The highest BCUT2D eigenvalue weighted by Gasteiger charge is 2.28. The first-order chi connectivity index (χ1) is 5.53. The first kappa shape index (κ1) is 9.91. The molecule has 0 aromatic heterocycles. The van der Waals surface area contributed by atoms with E-state index in [4.69, 9.17) is 5.73 Å². The lowest BCUT2D eigenvalue weighted by atomic mass is 9.89. The molecule has 0 saturated heterocycles. The summed E-state index contributed by atoms with van der Waals surface area (Å²) in [4.78, 5) is 0. The van der Waals surface area contributed by atoms with Crippen LogP contribution >= 0.6 is 0 Å². The van der Waals surface area contributed by atoms with Crippen molar-refractivity contribution < 1.29 is 8.42 Å². The van der Waals surface area contributed by atoms with E-state index in [0.29, 0.717) is 6.54 Å². The summed E-state index contributed by atoms with van der Waals surface area (Å²) in [7, 11) is -3.27. The van der Waals surface area contributed by atoms with E-state index in [1.54, 1.807) is 6.92 Å². The average molecular weight is 193 g/mol. The Balaban J connectivity index is 2.31. The molecule has 1 fully saturated rings. The minimum atomic E-state index is -3.27. The van der Waals surface area contributed by atoms with Crippen molar-refractivity contribution in [3.05, 3.63) is 0 Å². The van der Waals surface area contributed by atoms with Crippen LogP contribution in [-0.4, -0.2) is 27.0 Å². The van der Waals surface area contributed by atoms with Crippen molar-refractivity contribution in [1.29, 1.82) is 0 Å². The van der Waals surface area contributed by atoms with E-state index in [1.807, 2.05) is 0 Å². The largest absolute Gasteiger partial charge is 0.328 e. The van der Waals surface area contributed by atoms with Gasteiger partial charge in [-0.2, -0.15) is 13.1 Å². The van der Waals surface area contributed by atoms with Gasteiger partial charge in [0, 0.05) is 18.6 Å². The van der Waals surface area contributed by atoms with Crippen LogP contribution in [0.15, 0.2) is 0 Å². The number of rotatable bonds is 4. The van der Waals surface area contributed by atoms with Crippen LogP contribution in [0.2, 0.25) is 0 Å². The van der Waals surface area contributed by atoms with Gasteiger partial charge in [0.15, 0.2) is 0 Å². The Kier molecular flexibility index (Phi) is 3.05. The highest BCUT2D eigenvalue weighted by molar-refractivity contribution is 7.87. The zero-order chi connectivity index (χ0) is 9.19. The summed E-state index contributed by atoms with van der Waals surface area (Å²) in [6.07, 6.45) is 1.48. The van der Waals surface area contributed by atoms with Crippen LogP contribution in [0.25, 0.3) is 0 Å². The Bertz CT molecular complexity index is 233. The molecule has 0 heterocycles. The summed E-state index contributed by atoms with van der Waals surface area (Å²) in [5.74, 6) is 0. The number of hydrogen-bond acceptors (Lipinski definition) is 3. The van der Waals surface area contributed by atoms with Gasteiger partial charge in [-0.25, -0.2) is 4.72 Å². The smallest absolute Gasteiger partial charge is 0.277 e. The summed E-state index contributed by atoms with van der Waals surface area (Å²) >= 11 is 0. The van der Waals surface area contributed by atoms with Gasteiger partial charge >= 0.3 is 0 Å². The lowest BCUT2D eigenvalue weighted by Crippen LogP contribution is -2.52. The van der Waals surface area contributed by atoms with Crippen LogP contribution in [0.4, 0.5) is 0 Å². The quantitative estimate of drug-likeness (QED) is 0.531. The molecule has 4 N–H and O–H groups in total. The van der Waals surface area contributed by atoms with Gasteiger partial charge in [0.25, 0.3) is 10.2 Å². The summed E-state index contributed by atoms with van der Waals surface area (Å²) in [6, 6.07) is 0.198. The van der Waals surface area contributed by atoms with E-state index in [9.17, 15) is 8.42 Å². The predicted molar refractivity (Wildman–Crippen MR) is 46.7 cm³/mol. The molecule has 0 bridgehead atoms. The second-order valence-electron chi connectivity index (χ2n) is 3.05. The van der Waals surface area contributed by atoms with E-state index in [0.717, 1.165) is 12.8 Å². The van der Waals surface area contributed by atoms with Crippen LogP contribution in [0.5, 0.6) is 0 Å². The monoisotopic (exact) mass is 193 g/mol. The molecule has 12 heavy (non-hydrogen) atoms. The molecule has 5 nitrogen and oxygen atoms in total. The van der Waals surface area contributed by atoms with Crippen molar-refractivity contribution in [3.63, 3.8) is 0 Å². The molecule has 0 aromatic rings. The molecule has 0 amide bonds. The molecule has 0 spiro atoms. The maximum Gasteiger partial charge on any atom is 0.277 e. The molecule has 1 aliphatic carbocycles. The van der Waals surface area contributed by atoms with Crippen molar-refractivity contribution in [3.8, 4) is 0 Å². The van der Waals surface area contributed by atoms with Gasteiger partial charge in [0.2, 0.25) is 0 Å². The summed E-state index contributed by atoms with van der Waals surface area (Å²) < 4.78 is 27.0.